The maximum absolute atomic E-state index is 11.5. The standard InChI is InChI=1S/C11H12N4O3S2/c16-9-6-20(17,18)7-10(9)19-11-12-13-14-15(11)8-4-2-1-3-5-8/h1-5,9-10,16H,6-7H2/t9-,10-/m0/s1. The molecule has 106 valence electrons. The number of benzene rings is 1. The minimum absolute atomic E-state index is 0.0551. The van der Waals surface area contributed by atoms with Crippen LogP contribution < -0.4 is 0 Å². The third-order valence-corrected chi connectivity index (χ3v) is 6.15. The molecular weight excluding hydrogens is 300 g/mol. The Morgan fingerprint density at radius 2 is 2.00 bits per heavy atom. The minimum atomic E-state index is -3.17. The van der Waals surface area contributed by atoms with Crippen LogP contribution in [-0.2, 0) is 9.84 Å². The Labute approximate surface area is 119 Å². The van der Waals surface area contributed by atoms with Crippen LogP contribution in [0.2, 0.25) is 0 Å². The number of thioether (sulfide) groups is 1. The summed E-state index contributed by atoms with van der Waals surface area (Å²) in [6, 6.07) is 9.30. The van der Waals surface area contributed by atoms with Gasteiger partial charge in [-0.25, -0.2) is 8.42 Å². The highest BCUT2D eigenvalue weighted by molar-refractivity contribution is 8.01. The van der Waals surface area contributed by atoms with E-state index in [0.717, 1.165) is 5.69 Å². The summed E-state index contributed by atoms with van der Waals surface area (Å²) in [5, 5.41) is 21.2. The van der Waals surface area contributed by atoms with E-state index in [-0.39, 0.29) is 11.5 Å². The monoisotopic (exact) mass is 312 g/mol. The molecule has 1 N–H and O–H groups in total. The summed E-state index contributed by atoms with van der Waals surface area (Å²) in [4.78, 5) is 0. The molecule has 1 aliphatic rings. The Bertz CT molecular complexity index is 701. The summed E-state index contributed by atoms with van der Waals surface area (Å²) in [7, 11) is -3.17. The molecule has 0 bridgehead atoms. The van der Waals surface area contributed by atoms with Crippen LogP contribution in [0.4, 0.5) is 0 Å². The van der Waals surface area contributed by atoms with Gasteiger partial charge in [0, 0.05) is 0 Å². The molecule has 1 saturated heterocycles. The smallest absolute Gasteiger partial charge is 0.214 e. The first kappa shape index (κ1) is 13.5. The van der Waals surface area contributed by atoms with Crippen LogP contribution in [0.5, 0.6) is 0 Å². The predicted octanol–water partition coefficient (Wildman–Crippen LogP) is -0.0877. The molecule has 7 nitrogen and oxygen atoms in total. The number of tetrazole rings is 1. The second kappa shape index (κ2) is 5.15. The van der Waals surface area contributed by atoms with Crippen molar-refractivity contribution in [2.75, 3.05) is 11.5 Å². The van der Waals surface area contributed by atoms with Gasteiger partial charge >= 0.3 is 0 Å². The predicted molar refractivity (Wildman–Crippen MR) is 73.5 cm³/mol. The lowest BCUT2D eigenvalue weighted by Crippen LogP contribution is -2.20. The molecule has 0 aliphatic carbocycles. The van der Waals surface area contributed by atoms with Crippen LogP contribution in [0.25, 0.3) is 5.69 Å². The number of nitrogens with zero attached hydrogens (tertiary/aromatic N) is 4. The summed E-state index contributed by atoms with van der Waals surface area (Å²) < 4.78 is 24.5. The molecular formula is C11H12N4O3S2. The Morgan fingerprint density at radius 3 is 2.65 bits per heavy atom. The fourth-order valence-electron chi connectivity index (χ4n) is 2.03. The Balaban J connectivity index is 1.85. The summed E-state index contributed by atoms with van der Waals surface area (Å²) in [5.41, 5.74) is 0.787. The van der Waals surface area contributed by atoms with Crippen molar-refractivity contribution < 1.29 is 13.5 Å². The van der Waals surface area contributed by atoms with Gasteiger partial charge in [0.15, 0.2) is 9.84 Å². The van der Waals surface area contributed by atoms with Gasteiger partial charge in [-0.3, -0.25) is 0 Å². The van der Waals surface area contributed by atoms with Gasteiger partial charge in [-0.1, -0.05) is 30.0 Å². The molecule has 0 unspecified atom stereocenters. The summed E-state index contributed by atoms with van der Waals surface area (Å²) in [6.07, 6.45) is -0.883. The summed E-state index contributed by atoms with van der Waals surface area (Å²) >= 11 is 1.19. The second-order valence-corrected chi connectivity index (χ2v) is 7.87. The maximum Gasteiger partial charge on any atom is 0.214 e. The fraction of sp³-hybridized carbons (Fsp3) is 0.364. The van der Waals surface area contributed by atoms with Crippen molar-refractivity contribution in [3.05, 3.63) is 30.3 Å². The van der Waals surface area contributed by atoms with E-state index >= 15 is 0 Å². The number of hydrogen-bond donors (Lipinski definition) is 1. The zero-order chi connectivity index (χ0) is 14.2. The number of rotatable bonds is 3. The van der Waals surface area contributed by atoms with E-state index in [0.29, 0.717) is 5.16 Å². The Hall–Kier alpha value is -1.45. The number of aliphatic hydroxyl groups is 1. The first-order chi connectivity index (χ1) is 9.55. The quantitative estimate of drug-likeness (QED) is 0.846. The van der Waals surface area contributed by atoms with E-state index in [4.69, 9.17) is 0 Å². The number of aromatic nitrogens is 4. The topological polar surface area (TPSA) is 98.0 Å². The highest BCUT2D eigenvalue weighted by atomic mass is 32.2. The molecule has 3 rings (SSSR count). The molecule has 2 aromatic rings. The molecule has 1 aromatic carbocycles. The van der Waals surface area contributed by atoms with Crippen LogP contribution in [0.15, 0.2) is 35.5 Å². The van der Waals surface area contributed by atoms with Crippen LogP contribution in [-0.4, -0.2) is 56.6 Å². The lowest BCUT2D eigenvalue weighted by molar-refractivity contribution is 0.207. The molecule has 0 radical (unpaired) electrons. The summed E-state index contributed by atoms with van der Waals surface area (Å²) in [6.45, 7) is 0. The average molecular weight is 312 g/mol. The normalized spacial score (nSPS) is 24.9. The van der Waals surface area contributed by atoms with Crippen molar-refractivity contribution in [1.29, 1.82) is 0 Å². The van der Waals surface area contributed by atoms with E-state index in [1.807, 2.05) is 30.3 Å². The number of sulfone groups is 1. The van der Waals surface area contributed by atoms with E-state index in [2.05, 4.69) is 15.5 Å². The van der Waals surface area contributed by atoms with Crippen LogP contribution in [0, 0.1) is 0 Å². The molecule has 2 heterocycles. The largest absolute Gasteiger partial charge is 0.391 e. The molecule has 2 atom stereocenters. The number of aliphatic hydroxyl groups excluding tert-OH is 1. The molecule has 0 spiro atoms. The first-order valence-corrected chi connectivity index (χ1v) is 8.64. The zero-order valence-corrected chi connectivity index (χ0v) is 12.0. The van der Waals surface area contributed by atoms with Gasteiger partial charge in [0.1, 0.15) is 0 Å². The molecule has 9 heteroatoms. The number of hydrogen-bond acceptors (Lipinski definition) is 7. The lowest BCUT2D eigenvalue weighted by Gasteiger charge is -2.11. The zero-order valence-electron chi connectivity index (χ0n) is 10.3. The van der Waals surface area contributed by atoms with Gasteiger partial charge in [0.25, 0.3) is 0 Å². The maximum atomic E-state index is 11.5. The third-order valence-electron chi connectivity index (χ3n) is 2.97. The highest BCUT2D eigenvalue weighted by Crippen LogP contribution is 2.30. The Morgan fingerprint density at radius 1 is 1.25 bits per heavy atom. The Kier molecular flexibility index (Phi) is 3.48. The molecule has 0 amide bonds. The SMILES string of the molecule is O=S1(=O)C[C@H](Sc2nnnn2-c2ccccc2)[C@@H](O)C1. The van der Waals surface area contributed by atoms with Gasteiger partial charge in [-0.2, -0.15) is 4.68 Å². The summed E-state index contributed by atoms with van der Waals surface area (Å²) in [5.74, 6) is -0.252. The van der Waals surface area contributed by atoms with Crippen molar-refractivity contribution in [2.45, 2.75) is 16.5 Å². The second-order valence-electron chi connectivity index (χ2n) is 4.51. The molecule has 1 aliphatic heterocycles. The highest BCUT2D eigenvalue weighted by Gasteiger charge is 2.38. The van der Waals surface area contributed by atoms with Crippen molar-refractivity contribution in [3.8, 4) is 5.69 Å². The average Bonchev–Trinajstić information content (AvgIpc) is 2.95. The van der Waals surface area contributed by atoms with Gasteiger partial charge < -0.3 is 5.11 Å². The molecule has 1 fully saturated rings. The van der Waals surface area contributed by atoms with Crippen LogP contribution >= 0.6 is 11.8 Å². The molecule has 0 saturated carbocycles. The van der Waals surface area contributed by atoms with Crippen molar-refractivity contribution >= 4 is 21.6 Å². The van der Waals surface area contributed by atoms with Gasteiger partial charge in [-0.15, -0.1) is 5.10 Å². The van der Waals surface area contributed by atoms with Crippen LogP contribution in [0.1, 0.15) is 0 Å². The number of para-hydroxylation sites is 1. The lowest BCUT2D eigenvalue weighted by atomic mass is 10.3. The van der Waals surface area contributed by atoms with Crippen molar-refractivity contribution in [3.63, 3.8) is 0 Å². The van der Waals surface area contributed by atoms with E-state index in [1.54, 1.807) is 0 Å². The third kappa shape index (κ3) is 2.69. The van der Waals surface area contributed by atoms with Crippen molar-refractivity contribution in [1.82, 2.24) is 20.2 Å². The van der Waals surface area contributed by atoms with E-state index in [1.165, 1.54) is 16.4 Å². The fourth-order valence-corrected chi connectivity index (χ4v) is 5.51. The molecule has 1 aromatic heterocycles. The van der Waals surface area contributed by atoms with E-state index in [9.17, 15) is 13.5 Å². The van der Waals surface area contributed by atoms with Gasteiger partial charge in [0.2, 0.25) is 5.16 Å². The first-order valence-electron chi connectivity index (χ1n) is 5.94. The molecule has 20 heavy (non-hydrogen) atoms. The van der Waals surface area contributed by atoms with E-state index < -0.39 is 21.2 Å². The minimum Gasteiger partial charge on any atom is -0.391 e. The van der Waals surface area contributed by atoms with Crippen molar-refractivity contribution in [2.24, 2.45) is 0 Å². The van der Waals surface area contributed by atoms with Gasteiger partial charge in [0.05, 0.1) is 28.5 Å². The van der Waals surface area contributed by atoms with Crippen LogP contribution in [0.3, 0.4) is 0 Å². The van der Waals surface area contributed by atoms with Gasteiger partial charge in [-0.05, 0) is 22.6 Å².